The molecule has 24 heavy (non-hydrogen) atoms. The Morgan fingerprint density at radius 2 is 1.83 bits per heavy atom. The number of hydrogen-bond donors (Lipinski definition) is 1. The highest BCUT2D eigenvalue weighted by atomic mass is 19.4. The summed E-state index contributed by atoms with van der Waals surface area (Å²) in [7, 11) is 1.34. The third-order valence-electron chi connectivity index (χ3n) is 3.02. The lowest BCUT2D eigenvalue weighted by molar-refractivity contribution is -0.274. The zero-order valence-electron chi connectivity index (χ0n) is 12.5. The fourth-order valence-corrected chi connectivity index (χ4v) is 1.93. The van der Waals surface area contributed by atoms with Gasteiger partial charge in [0.25, 0.3) is 0 Å². The molecular weight excluding hydrogens is 325 g/mol. The number of allylic oxidation sites excluding steroid dienone is 1. The summed E-state index contributed by atoms with van der Waals surface area (Å²) < 4.78 is 45.9. The molecular formula is C17H13F3O4. The van der Waals surface area contributed by atoms with Crippen LogP contribution in [0.3, 0.4) is 0 Å². The summed E-state index contributed by atoms with van der Waals surface area (Å²) in [6, 6.07) is 9.47. The topological polar surface area (TPSA) is 55.8 Å². The number of halogens is 3. The quantitative estimate of drug-likeness (QED) is 0.656. The molecule has 0 aliphatic rings. The van der Waals surface area contributed by atoms with Gasteiger partial charge in [-0.25, -0.2) is 0 Å². The van der Waals surface area contributed by atoms with Crippen molar-refractivity contribution in [1.82, 2.24) is 0 Å². The molecule has 0 aliphatic carbocycles. The van der Waals surface area contributed by atoms with Crippen LogP contribution in [0.5, 0.6) is 17.2 Å². The van der Waals surface area contributed by atoms with E-state index in [1.54, 1.807) is 0 Å². The Labute approximate surface area is 135 Å². The van der Waals surface area contributed by atoms with E-state index in [1.165, 1.54) is 49.6 Å². The standard InChI is InChI=1S/C17H13F3O4/c1-23-16-10-12(7-9-14(16)22)13(21)8-6-11-4-2-3-5-15(11)24-17(18,19)20/h2-10,22H,1H3/b8-6+. The van der Waals surface area contributed by atoms with Crippen LogP contribution in [-0.2, 0) is 0 Å². The summed E-state index contributed by atoms with van der Waals surface area (Å²) in [6.07, 6.45) is -2.48. The molecule has 2 aromatic carbocycles. The minimum Gasteiger partial charge on any atom is -0.504 e. The molecule has 0 bridgehead atoms. The zero-order chi connectivity index (χ0) is 17.7. The van der Waals surface area contributed by atoms with Gasteiger partial charge in [-0.1, -0.05) is 18.2 Å². The van der Waals surface area contributed by atoms with Crippen LogP contribution in [0.1, 0.15) is 15.9 Å². The first-order valence-corrected chi connectivity index (χ1v) is 6.74. The molecule has 0 spiro atoms. The van der Waals surface area contributed by atoms with Gasteiger partial charge in [-0.2, -0.15) is 0 Å². The molecule has 0 aromatic heterocycles. The second-order valence-corrected chi connectivity index (χ2v) is 4.67. The molecule has 0 saturated carbocycles. The first-order valence-electron chi connectivity index (χ1n) is 6.74. The third-order valence-corrected chi connectivity index (χ3v) is 3.02. The smallest absolute Gasteiger partial charge is 0.504 e. The summed E-state index contributed by atoms with van der Waals surface area (Å²) in [5, 5.41) is 9.49. The van der Waals surface area contributed by atoms with Crippen molar-refractivity contribution < 1.29 is 32.5 Å². The molecule has 0 atom stereocenters. The van der Waals surface area contributed by atoms with E-state index in [2.05, 4.69) is 4.74 Å². The molecule has 0 radical (unpaired) electrons. The van der Waals surface area contributed by atoms with Crippen LogP contribution in [0.15, 0.2) is 48.5 Å². The fourth-order valence-electron chi connectivity index (χ4n) is 1.93. The number of phenolic OH excluding ortho intramolecular Hbond substituents is 1. The predicted octanol–water partition coefficient (Wildman–Crippen LogP) is 4.20. The van der Waals surface area contributed by atoms with Crippen LogP contribution in [-0.4, -0.2) is 24.4 Å². The SMILES string of the molecule is COc1cc(C(=O)/C=C/c2ccccc2OC(F)(F)F)ccc1O. The van der Waals surface area contributed by atoms with Crippen molar-refractivity contribution in [3.63, 3.8) is 0 Å². The number of aromatic hydroxyl groups is 1. The van der Waals surface area contributed by atoms with Gasteiger partial charge in [0, 0.05) is 11.1 Å². The molecule has 0 saturated heterocycles. The van der Waals surface area contributed by atoms with E-state index in [0.717, 1.165) is 12.1 Å². The zero-order valence-corrected chi connectivity index (χ0v) is 12.5. The van der Waals surface area contributed by atoms with Gasteiger partial charge in [-0.05, 0) is 36.4 Å². The van der Waals surface area contributed by atoms with E-state index >= 15 is 0 Å². The van der Waals surface area contributed by atoms with Gasteiger partial charge in [0.2, 0.25) is 0 Å². The van der Waals surface area contributed by atoms with Gasteiger partial charge < -0.3 is 14.6 Å². The normalized spacial score (nSPS) is 11.5. The predicted molar refractivity (Wildman–Crippen MR) is 81.1 cm³/mol. The maximum absolute atomic E-state index is 12.4. The summed E-state index contributed by atoms with van der Waals surface area (Å²) in [5.41, 5.74) is 0.323. The van der Waals surface area contributed by atoms with E-state index < -0.39 is 17.9 Å². The Bertz CT molecular complexity index is 767. The summed E-state index contributed by atoms with van der Waals surface area (Å²) in [6.45, 7) is 0. The summed E-state index contributed by atoms with van der Waals surface area (Å²) >= 11 is 0. The molecule has 0 heterocycles. The first kappa shape index (κ1) is 17.4. The summed E-state index contributed by atoms with van der Waals surface area (Å²) in [5.74, 6) is -0.871. The number of alkyl halides is 3. The molecule has 0 unspecified atom stereocenters. The number of para-hydroxylation sites is 1. The second kappa shape index (κ2) is 7.08. The summed E-state index contributed by atoms with van der Waals surface area (Å²) in [4.78, 5) is 12.1. The average Bonchev–Trinajstić information content (AvgIpc) is 2.52. The minimum absolute atomic E-state index is 0.105. The second-order valence-electron chi connectivity index (χ2n) is 4.67. The Balaban J connectivity index is 2.23. The first-order chi connectivity index (χ1) is 11.3. The van der Waals surface area contributed by atoms with Crippen LogP contribution < -0.4 is 9.47 Å². The van der Waals surface area contributed by atoms with E-state index in [4.69, 9.17) is 4.74 Å². The van der Waals surface area contributed by atoms with Gasteiger partial charge in [-0.3, -0.25) is 4.79 Å². The van der Waals surface area contributed by atoms with Crippen molar-refractivity contribution in [3.8, 4) is 17.2 Å². The van der Waals surface area contributed by atoms with Gasteiger partial charge >= 0.3 is 6.36 Å². The number of rotatable bonds is 5. The molecule has 2 aromatic rings. The number of hydrogen-bond acceptors (Lipinski definition) is 4. The average molecular weight is 338 g/mol. The molecule has 4 nitrogen and oxygen atoms in total. The third kappa shape index (κ3) is 4.52. The molecule has 0 amide bonds. The number of carbonyl (C=O) groups excluding carboxylic acids is 1. The van der Waals surface area contributed by atoms with Gasteiger partial charge in [0.1, 0.15) is 5.75 Å². The number of ether oxygens (including phenoxy) is 2. The lowest BCUT2D eigenvalue weighted by Crippen LogP contribution is -2.17. The van der Waals surface area contributed by atoms with Crippen LogP contribution in [0.25, 0.3) is 6.08 Å². The van der Waals surface area contributed by atoms with Crippen molar-refractivity contribution in [3.05, 3.63) is 59.7 Å². The maximum Gasteiger partial charge on any atom is 0.573 e. The number of methoxy groups -OCH3 is 1. The Hall–Kier alpha value is -2.96. The lowest BCUT2D eigenvalue weighted by atomic mass is 10.1. The molecule has 7 heteroatoms. The van der Waals surface area contributed by atoms with E-state index in [-0.39, 0.29) is 22.6 Å². The van der Waals surface area contributed by atoms with Crippen molar-refractivity contribution >= 4 is 11.9 Å². The highest BCUT2D eigenvalue weighted by molar-refractivity contribution is 6.07. The van der Waals surface area contributed by atoms with Crippen LogP contribution >= 0.6 is 0 Å². The van der Waals surface area contributed by atoms with E-state index in [0.29, 0.717) is 0 Å². The fraction of sp³-hybridized carbons (Fsp3) is 0.118. The molecule has 126 valence electrons. The van der Waals surface area contributed by atoms with Crippen molar-refractivity contribution in [1.29, 1.82) is 0 Å². The van der Waals surface area contributed by atoms with Crippen molar-refractivity contribution in [2.75, 3.05) is 7.11 Å². The van der Waals surface area contributed by atoms with Crippen LogP contribution in [0.2, 0.25) is 0 Å². The molecule has 0 aliphatic heterocycles. The Kier molecular flexibility index (Phi) is 5.13. The number of ketones is 1. The van der Waals surface area contributed by atoms with Gasteiger partial charge in [-0.15, -0.1) is 13.2 Å². The molecule has 2 rings (SSSR count). The highest BCUT2D eigenvalue weighted by Gasteiger charge is 2.31. The van der Waals surface area contributed by atoms with E-state index in [9.17, 15) is 23.1 Å². The lowest BCUT2D eigenvalue weighted by Gasteiger charge is -2.10. The largest absolute Gasteiger partial charge is 0.573 e. The Morgan fingerprint density at radius 3 is 2.50 bits per heavy atom. The van der Waals surface area contributed by atoms with Gasteiger partial charge in [0.15, 0.2) is 17.3 Å². The van der Waals surface area contributed by atoms with Gasteiger partial charge in [0.05, 0.1) is 7.11 Å². The van der Waals surface area contributed by atoms with Crippen LogP contribution in [0.4, 0.5) is 13.2 Å². The monoisotopic (exact) mass is 338 g/mol. The number of carbonyl (C=O) groups is 1. The molecule has 1 N–H and O–H groups in total. The number of benzene rings is 2. The minimum atomic E-state index is -4.82. The van der Waals surface area contributed by atoms with E-state index in [1.807, 2.05) is 0 Å². The maximum atomic E-state index is 12.4. The highest BCUT2D eigenvalue weighted by Crippen LogP contribution is 2.28. The van der Waals surface area contributed by atoms with Crippen LogP contribution in [0, 0.1) is 0 Å². The molecule has 0 fully saturated rings. The van der Waals surface area contributed by atoms with Crippen molar-refractivity contribution in [2.45, 2.75) is 6.36 Å². The Morgan fingerprint density at radius 1 is 1.12 bits per heavy atom. The number of phenols is 1. The van der Waals surface area contributed by atoms with Crippen molar-refractivity contribution in [2.24, 2.45) is 0 Å².